The van der Waals surface area contributed by atoms with Crippen LogP contribution in [0.25, 0.3) is 0 Å². The van der Waals surface area contributed by atoms with E-state index in [2.05, 4.69) is 10.6 Å². The molecule has 0 radical (unpaired) electrons. The maximum Gasteiger partial charge on any atom is 0.315 e. The highest BCUT2D eigenvalue weighted by atomic mass is 16.5. The van der Waals surface area contributed by atoms with E-state index in [1.54, 1.807) is 6.92 Å². The molecular weight excluding hydrogens is 282 g/mol. The first-order valence-corrected chi connectivity index (χ1v) is 7.45. The number of rotatable bonds is 4. The van der Waals surface area contributed by atoms with Crippen LogP contribution in [0.2, 0.25) is 0 Å². The molecule has 2 N–H and O–H groups in total. The van der Waals surface area contributed by atoms with Crippen molar-refractivity contribution in [3.05, 3.63) is 29.8 Å². The number of nitrogens with one attached hydrogen (secondary N) is 2. The molecular formula is C16H23N3O3. The van der Waals surface area contributed by atoms with Crippen LogP contribution in [-0.2, 0) is 9.53 Å². The second-order valence-electron chi connectivity index (χ2n) is 5.65. The molecule has 2 amide bonds. The maximum atomic E-state index is 12.3. The number of amides is 2. The van der Waals surface area contributed by atoms with Gasteiger partial charge in [0.25, 0.3) is 0 Å². The van der Waals surface area contributed by atoms with Gasteiger partial charge in [-0.3, -0.25) is 4.79 Å². The molecule has 0 bridgehead atoms. The molecule has 1 aliphatic heterocycles. The number of esters is 1. The number of hydrogen-bond donors (Lipinski definition) is 2. The highest BCUT2D eigenvalue weighted by Crippen LogP contribution is 2.30. The minimum atomic E-state index is -0.456. The van der Waals surface area contributed by atoms with Gasteiger partial charge in [0.1, 0.15) is 5.92 Å². The molecule has 1 aromatic rings. The smallest absolute Gasteiger partial charge is 0.315 e. The number of anilines is 1. The summed E-state index contributed by atoms with van der Waals surface area (Å²) in [6.07, 6.45) is 0. The number of nitrogens with zero attached hydrogens (tertiary/aromatic N) is 1. The SMILES string of the molecule is CCOC(=O)C1C(C)NC(=O)NC1c1ccc(N(C)C)cc1. The van der Waals surface area contributed by atoms with Crippen LogP contribution in [-0.4, -0.2) is 38.7 Å². The van der Waals surface area contributed by atoms with Crippen molar-refractivity contribution in [1.29, 1.82) is 0 Å². The fourth-order valence-corrected chi connectivity index (χ4v) is 2.71. The van der Waals surface area contributed by atoms with Crippen molar-refractivity contribution in [3.63, 3.8) is 0 Å². The monoisotopic (exact) mass is 305 g/mol. The number of urea groups is 1. The topological polar surface area (TPSA) is 70.7 Å². The molecule has 3 unspecified atom stereocenters. The number of benzene rings is 1. The summed E-state index contributed by atoms with van der Waals surface area (Å²) >= 11 is 0. The maximum absolute atomic E-state index is 12.3. The molecule has 0 aromatic heterocycles. The van der Waals surface area contributed by atoms with E-state index in [0.29, 0.717) is 6.61 Å². The molecule has 22 heavy (non-hydrogen) atoms. The Bertz CT molecular complexity index is 542. The van der Waals surface area contributed by atoms with E-state index >= 15 is 0 Å². The molecule has 1 heterocycles. The molecule has 2 rings (SSSR count). The third-order valence-corrected chi connectivity index (χ3v) is 3.87. The Morgan fingerprint density at radius 1 is 1.23 bits per heavy atom. The molecule has 6 heteroatoms. The Morgan fingerprint density at radius 3 is 2.41 bits per heavy atom. The van der Waals surface area contributed by atoms with Gasteiger partial charge in [0.2, 0.25) is 0 Å². The van der Waals surface area contributed by atoms with Crippen molar-refractivity contribution in [2.24, 2.45) is 5.92 Å². The highest BCUT2D eigenvalue weighted by molar-refractivity contribution is 5.82. The number of hydrogen-bond acceptors (Lipinski definition) is 4. The van der Waals surface area contributed by atoms with Crippen LogP contribution in [0, 0.1) is 5.92 Å². The van der Waals surface area contributed by atoms with E-state index in [9.17, 15) is 9.59 Å². The van der Waals surface area contributed by atoms with E-state index in [1.807, 2.05) is 50.2 Å². The first-order valence-electron chi connectivity index (χ1n) is 7.45. The van der Waals surface area contributed by atoms with Gasteiger partial charge in [0, 0.05) is 25.8 Å². The average Bonchev–Trinajstić information content (AvgIpc) is 2.46. The lowest BCUT2D eigenvalue weighted by Crippen LogP contribution is -2.57. The van der Waals surface area contributed by atoms with Crippen LogP contribution in [0.4, 0.5) is 10.5 Å². The van der Waals surface area contributed by atoms with Gasteiger partial charge in [-0.1, -0.05) is 12.1 Å². The van der Waals surface area contributed by atoms with Gasteiger partial charge in [-0.15, -0.1) is 0 Å². The van der Waals surface area contributed by atoms with Crippen molar-refractivity contribution in [1.82, 2.24) is 10.6 Å². The highest BCUT2D eigenvalue weighted by Gasteiger charge is 2.40. The second-order valence-corrected chi connectivity index (χ2v) is 5.65. The first kappa shape index (κ1) is 16.1. The van der Waals surface area contributed by atoms with E-state index in [1.165, 1.54) is 0 Å². The zero-order valence-corrected chi connectivity index (χ0v) is 13.4. The van der Waals surface area contributed by atoms with Crippen molar-refractivity contribution in [2.45, 2.75) is 25.9 Å². The average molecular weight is 305 g/mol. The van der Waals surface area contributed by atoms with Gasteiger partial charge in [-0.2, -0.15) is 0 Å². The summed E-state index contributed by atoms with van der Waals surface area (Å²) in [5, 5.41) is 5.58. The summed E-state index contributed by atoms with van der Waals surface area (Å²) in [5.41, 5.74) is 1.95. The van der Waals surface area contributed by atoms with Gasteiger partial charge >= 0.3 is 12.0 Å². The molecule has 6 nitrogen and oxygen atoms in total. The Labute approximate surface area is 130 Å². The second kappa shape index (κ2) is 6.68. The summed E-state index contributed by atoms with van der Waals surface area (Å²) in [6.45, 7) is 3.92. The Morgan fingerprint density at radius 2 is 1.86 bits per heavy atom. The number of carbonyl (C=O) groups excluding carboxylic acids is 2. The summed E-state index contributed by atoms with van der Waals surface area (Å²) < 4.78 is 5.16. The van der Waals surface area contributed by atoms with Gasteiger partial charge < -0.3 is 20.3 Å². The normalized spacial score (nSPS) is 24.2. The largest absolute Gasteiger partial charge is 0.466 e. The van der Waals surface area contributed by atoms with Crippen LogP contribution in [0.5, 0.6) is 0 Å². The predicted octanol–water partition coefficient (Wildman–Crippen LogP) is 1.67. The lowest BCUT2D eigenvalue weighted by Gasteiger charge is -2.36. The molecule has 3 atom stereocenters. The van der Waals surface area contributed by atoms with Crippen LogP contribution in [0.3, 0.4) is 0 Å². The van der Waals surface area contributed by atoms with E-state index in [0.717, 1.165) is 11.3 Å². The molecule has 0 aliphatic carbocycles. The standard InChI is InChI=1S/C16H23N3O3/c1-5-22-15(20)13-10(2)17-16(21)18-14(13)11-6-8-12(9-7-11)19(3)4/h6-10,13-14H,5H2,1-4H3,(H2,17,18,21). The zero-order chi connectivity index (χ0) is 16.3. The molecule has 0 saturated carbocycles. The van der Waals surface area contributed by atoms with Crippen LogP contribution >= 0.6 is 0 Å². The molecule has 0 spiro atoms. The third kappa shape index (κ3) is 3.32. The van der Waals surface area contributed by atoms with Gasteiger partial charge in [-0.25, -0.2) is 4.79 Å². The molecule has 1 fully saturated rings. The lowest BCUT2D eigenvalue weighted by atomic mass is 9.86. The molecule has 1 saturated heterocycles. The Kier molecular flexibility index (Phi) is 4.90. The fourth-order valence-electron chi connectivity index (χ4n) is 2.71. The van der Waals surface area contributed by atoms with Crippen LogP contribution in [0.1, 0.15) is 25.5 Å². The summed E-state index contributed by atoms with van der Waals surface area (Å²) in [7, 11) is 3.93. The van der Waals surface area contributed by atoms with Crippen molar-refractivity contribution >= 4 is 17.7 Å². The minimum absolute atomic E-state index is 0.269. The van der Waals surface area contributed by atoms with Crippen LogP contribution in [0.15, 0.2) is 24.3 Å². The van der Waals surface area contributed by atoms with Crippen molar-refractivity contribution < 1.29 is 14.3 Å². The lowest BCUT2D eigenvalue weighted by molar-refractivity contribution is -0.150. The van der Waals surface area contributed by atoms with Gasteiger partial charge in [-0.05, 0) is 31.5 Å². The minimum Gasteiger partial charge on any atom is -0.466 e. The Hall–Kier alpha value is -2.24. The number of carbonyl (C=O) groups is 2. The number of ether oxygens (including phenoxy) is 1. The van der Waals surface area contributed by atoms with Gasteiger partial charge in [0.05, 0.1) is 12.6 Å². The summed E-state index contributed by atoms with van der Waals surface area (Å²) in [6, 6.07) is 6.86. The Balaban J connectivity index is 2.30. The van der Waals surface area contributed by atoms with Crippen LogP contribution < -0.4 is 15.5 Å². The van der Waals surface area contributed by atoms with E-state index in [4.69, 9.17) is 4.74 Å². The summed E-state index contributed by atoms with van der Waals surface area (Å²) in [5.74, 6) is -0.757. The zero-order valence-electron chi connectivity index (χ0n) is 13.4. The van der Waals surface area contributed by atoms with Gasteiger partial charge in [0.15, 0.2) is 0 Å². The predicted molar refractivity (Wildman–Crippen MR) is 84.8 cm³/mol. The third-order valence-electron chi connectivity index (χ3n) is 3.87. The molecule has 1 aliphatic rings. The summed E-state index contributed by atoms with van der Waals surface area (Å²) in [4.78, 5) is 26.0. The first-order chi connectivity index (χ1) is 10.4. The molecule has 120 valence electrons. The van der Waals surface area contributed by atoms with E-state index in [-0.39, 0.29) is 24.1 Å². The van der Waals surface area contributed by atoms with Crippen molar-refractivity contribution in [3.8, 4) is 0 Å². The van der Waals surface area contributed by atoms with Crippen molar-refractivity contribution in [2.75, 3.05) is 25.6 Å². The van der Waals surface area contributed by atoms with E-state index < -0.39 is 5.92 Å². The molecule has 1 aromatic carbocycles. The quantitative estimate of drug-likeness (QED) is 0.830. The fraction of sp³-hybridized carbons (Fsp3) is 0.500.